The van der Waals surface area contributed by atoms with Crippen LogP contribution in [-0.4, -0.2) is 16.6 Å². The van der Waals surface area contributed by atoms with Gasteiger partial charge < -0.3 is 14.6 Å². The molecule has 0 amide bonds. The van der Waals surface area contributed by atoms with Crippen LogP contribution in [0.2, 0.25) is 0 Å². The van der Waals surface area contributed by atoms with E-state index >= 15 is 0 Å². The summed E-state index contributed by atoms with van der Waals surface area (Å²) < 4.78 is 5.48. The van der Waals surface area contributed by atoms with E-state index in [9.17, 15) is 0 Å². The molecule has 0 aliphatic heterocycles. The van der Waals surface area contributed by atoms with Crippen molar-refractivity contribution in [2.75, 3.05) is 6.54 Å². The summed E-state index contributed by atoms with van der Waals surface area (Å²) in [5.41, 5.74) is 1.31. The van der Waals surface area contributed by atoms with E-state index in [2.05, 4.69) is 52.0 Å². The molecule has 1 aromatic carbocycles. The highest BCUT2D eigenvalue weighted by molar-refractivity contribution is 7.80. The van der Waals surface area contributed by atoms with Crippen LogP contribution in [0.4, 0.5) is 0 Å². The van der Waals surface area contributed by atoms with E-state index in [-0.39, 0.29) is 0 Å². The Morgan fingerprint density at radius 1 is 1.04 bits per heavy atom. The molecule has 0 aliphatic carbocycles. The van der Waals surface area contributed by atoms with Gasteiger partial charge in [-0.25, -0.2) is 0 Å². The molecule has 124 valence electrons. The summed E-state index contributed by atoms with van der Waals surface area (Å²) in [6.07, 6.45) is 2.65. The van der Waals surface area contributed by atoms with Gasteiger partial charge in [0, 0.05) is 11.4 Å². The molecule has 0 unspecified atom stereocenters. The Morgan fingerprint density at radius 3 is 2.62 bits per heavy atom. The number of rotatable bonds is 7. The Morgan fingerprint density at radius 2 is 1.92 bits per heavy atom. The summed E-state index contributed by atoms with van der Waals surface area (Å²) >= 11 is 7.36. The average molecular weight is 357 g/mol. The molecule has 0 radical (unpaired) electrons. The predicted molar refractivity (Wildman–Crippen MR) is 103 cm³/mol. The van der Waals surface area contributed by atoms with Gasteiger partial charge in [0.1, 0.15) is 5.76 Å². The number of thiocarbonyl (C=S) groups is 1. The number of benzene rings is 1. The molecule has 3 aromatic rings. The monoisotopic (exact) mass is 356 g/mol. The first-order chi connectivity index (χ1) is 11.8. The normalized spacial score (nSPS) is 10.5. The fourth-order valence-corrected chi connectivity index (χ4v) is 3.40. The molecule has 0 aliphatic rings. The minimum atomic E-state index is 0.669. The second-order valence-corrected chi connectivity index (χ2v) is 6.90. The highest BCUT2D eigenvalue weighted by Crippen LogP contribution is 2.15. The van der Waals surface area contributed by atoms with Crippen LogP contribution in [0.1, 0.15) is 16.2 Å². The van der Waals surface area contributed by atoms with E-state index in [1.165, 1.54) is 10.4 Å². The molecule has 5 heteroatoms. The van der Waals surface area contributed by atoms with Crippen LogP contribution >= 0.6 is 23.6 Å². The summed E-state index contributed by atoms with van der Waals surface area (Å²) in [6, 6.07) is 18.5. The van der Waals surface area contributed by atoms with Crippen LogP contribution in [0, 0.1) is 0 Å². The highest BCUT2D eigenvalue weighted by atomic mass is 32.1. The molecule has 0 bridgehead atoms. The van der Waals surface area contributed by atoms with E-state index < -0.39 is 0 Å². The predicted octanol–water partition coefficient (Wildman–Crippen LogP) is 4.46. The van der Waals surface area contributed by atoms with E-state index in [1.54, 1.807) is 17.6 Å². The maximum Gasteiger partial charge on any atom is 0.169 e. The largest absolute Gasteiger partial charge is 0.467 e. The molecule has 3 nitrogen and oxygen atoms in total. The van der Waals surface area contributed by atoms with Gasteiger partial charge in [-0.15, -0.1) is 11.3 Å². The minimum Gasteiger partial charge on any atom is -0.467 e. The fraction of sp³-hybridized carbons (Fsp3) is 0.211. The van der Waals surface area contributed by atoms with Gasteiger partial charge in [-0.2, -0.15) is 0 Å². The maximum atomic E-state index is 5.61. The zero-order chi connectivity index (χ0) is 16.6. The summed E-state index contributed by atoms with van der Waals surface area (Å²) in [5, 5.41) is 6.23. The third-order valence-corrected chi connectivity index (χ3v) is 4.94. The van der Waals surface area contributed by atoms with Gasteiger partial charge in [-0.3, -0.25) is 0 Å². The smallest absolute Gasteiger partial charge is 0.169 e. The van der Waals surface area contributed by atoms with Crippen LogP contribution in [0.5, 0.6) is 0 Å². The van der Waals surface area contributed by atoms with E-state index in [0.717, 1.165) is 30.4 Å². The second-order valence-electron chi connectivity index (χ2n) is 5.48. The van der Waals surface area contributed by atoms with Crippen molar-refractivity contribution in [3.63, 3.8) is 0 Å². The van der Waals surface area contributed by atoms with Crippen molar-refractivity contribution in [2.24, 2.45) is 0 Å². The molecule has 0 spiro atoms. The van der Waals surface area contributed by atoms with Gasteiger partial charge >= 0.3 is 0 Å². The number of hydrogen-bond donors (Lipinski definition) is 1. The lowest BCUT2D eigenvalue weighted by Gasteiger charge is -2.24. The molecule has 2 aromatic heterocycles. The third-order valence-electron chi connectivity index (χ3n) is 3.67. The molecule has 0 fully saturated rings. The summed E-state index contributed by atoms with van der Waals surface area (Å²) in [7, 11) is 0. The number of nitrogens with one attached hydrogen (secondary N) is 1. The molecular weight excluding hydrogens is 336 g/mol. The summed E-state index contributed by atoms with van der Waals surface area (Å²) in [4.78, 5) is 3.43. The van der Waals surface area contributed by atoms with Gasteiger partial charge in [0.05, 0.1) is 19.4 Å². The van der Waals surface area contributed by atoms with Gasteiger partial charge in [-0.05, 0) is 47.8 Å². The maximum absolute atomic E-state index is 5.61. The van der Waals surface area contributed by atoms with E-state index in [0.29, 0.717) is 6.54 Å². The van der Waals surface area contributed by atoms with Crippen LogP contribution < -0.4 is 5.32 Å². The molecule has 0 saturated carbocycles. The number of thiophene rings is 1. The van der Waals surface area contributed by atoms with Gasteiger partial charge in [-0.1, -0.05) is 36.4 Å². The molecular formula is C19H20N2OS2. The standard InChI is InChI=1S/C19H20N2OS2/c23-19(20-11-10-16-6-2-1-3-7-16)21(14-17-8-4-12-22-17)15-18-9-5-13-24-18/h1-9,12-13H,10-11,14-15H2,(H,20,23). The van der Waals surface area contributed by atoms with Crippen molar-refractivity contribution in [2.45, 2.75) is 19.5 Å². The van der Waals surface area contributed by atoms with Crippen LogP contribution in [0.3, 0.4) is 0 Å². The minimum absolute atomic E-state index is 0.669. The molecule has 3 rings (SSSR count). The lowest BCUT2D eigenvalue weighted by Crippen LogP contribution is -2.39. The number of furan rings is 1. The molecule has 0 atom stereocenters. The van der Waals surface area contributed by atoms with E-state index in [4.69, 9.17) is 16.6 Å². The van der Waals surface area contributed by atoms with Crippen LogP contribution in [0.25, 0.3) is 0 Å². The SMILES string of the molecule is S=C(NCCc1ccccc1)N(Cc1ccco1)Cc1cccs1. The Balaban J connectivity index is 1.57. The quantitative estimate of drug-likeness (QED) is 0.633. The highest BCUT2D eigenvalue weighted by Gasteiger charge is 2.13. The Bertz CT molecular complexity index is 688. The van der Waals surface area contributed by atoms with Crippen molar-refractivity contribution in [1.29, 1.82) is 0 Å². The Hall–Kier alpha value is -2.11. The first-order valence-electron chi connectivity index (χ1n) is 7.93. The summed E-state index contributed by atoms with van der Waals surface area (Å²) in [6.45, 7) is 2.28. The molecule has 24 heavy (non-hydrogen) atoms. The zero-order valence-corrected chi connectivity index (χ0v) is 15.0. The summed E-state index contributed by atoms with van der Waals surface area (Å²) in [5.74, 6) is 0.916. The van der Waals surface area contributed by atoms with Crippen molar-refractivity contribution >= 4 is 28.7 Å². The van der Waals surface area contributed by atoms with Gasteiger partial charge in [0.2, 0.25) is 0 Å². The molecule has 1 N–H and O–H groups in total. The van der Waals surface area contributed by atoms with Gasteiger partial charge in [0.25, 0.3) is 0 Å². The number of nitrogens with zero attached hydrogens (tertiary/aromatic N) is 1. The van der Waals surface area contributed by atoms with Crippen molar-refractivity contribution in [3.8, 4) is 0 Å². The molecule has 2 heterocycles. The van der Waals surface area contributed by atoms with Crippen LogP contribution in [-0.2, 0) is 19.5 Å². The van der Waals surface area contributed by atoms with Crippen molar-refractivity contribution < 1.29 is 4.42 Å². The lowest BCUT2D eigenvalue weighted by atomic mass is 10.1. The van der Waals surface area contributed by atoms with Crippen molar-refractivity contribution in [3.05, 3.63) is 82.4 Å². The van der Waals surface area contributed by atoms with Gasteiger partial charge in [0.15, 0.2) is 5.11 Å². The Labute approximate surface area is 151 Å². The second kappa shape index (κ2) is 8.66. The first-order valence-corrected chi connectivity index (χ1v) is 9.21. The first kappa shape index (κ1) is 16.7. The Kier molecular flexibility index (Phi) is 6.04. The fourth-order valence-electron chi connectivity index (χ4n) is 2.45. The average Bonchev–Trinajstić information content (AvgIpc) is 3.29. The lowest BCUT2D eigenvalue weighted by molar-refractivity contribution is 0.354. The number of hydrogen-bond acceptors (Lipinski definition) is 3. The zero-order valence-electron chi connectivity index (χ0n) is 13.4. The van der Waals surface area contributed by atoms with Crippen LogP contribution in [0.15, 0.2) is 70.7 Å². The van der Waals surface area contributed by atoms with E-state index in [1.807, 2.05) is 18.2 Å². The van der Waals surface area contributed by atoms with Crippen molar-refractivity contribution in [1.82, 2.24) is 10.2 Å². The topological polar surface area (TPSA) is 28.4 Å². The third kappa shape index (κ3) is 4.94. The molecule has 0 saturated heterocycles.